The first-order chi connectivity index (χ1) is 7.18. The Balaban J connectivity index is 2.14. The summed E-state index contributed by atoms with van der Waals surface area (Å²) in [6.07, 6.45) is 3.96. The highest BCUT2D eigenvalue weighted by Crippen LogP contribution is 2.28. The third-order valence-corrected chi connectivity index (χ3v) is 2.99. The third kappa shape index (κ3) is 2.04. The zero-order valence-corrected chi connectivity index (χ0v) is 8.84. The standard InChI is InChI=1S/C11H16N2O2/c1-7-11-8(6-13-7)4-5-12-9(11)2-3-10(14)15/h6,9,12-13H,2-5H2,1H3,(H,14,15). The SMILES string of the molecule is Cc1[nH]cc2c1C(CCC(=O)O)NCC2. The number of carbonyl (C=O) groups is 1. The normalized spacial score (nSPS) is 19.9. The van der Waals surface area contributed by atoms with Crippen molar-refractivity contribution < 1.29 is 9.90 Å². The highest BCUT2D eigenvalue weighted by Gasteiger charge is 2.22. The summed E-state index contributed by atoms with van der Waals surface area (Å²) in [6.45, 7) is 2.98. The summed E-state index contributed by atoms with van der Waals surface area (Å²) in [5.74, 6) is -0.725. The van der Waals surface area contributed by atoms with Crippen LogP contribution >= 0.6 is 0 Å². The summed E-state index contributed by atoms with van der Waals surface area (Å²) in [6, 6.07) is 0.205. The van der Waals surface area contributed by atoms with Gasteiger partial charge in [0.25, 0.3) is 0 Å². The van der Waals surface area contributed by atoms with E-state index in [2.05, 4.69) is 10.3 Å². The molecule has 1 aromatic rings. The van der Waals surface area contributed by atoms with Crippen LogP contribution in [-0.4, -0.2) is 22.6 Å². The Morgan fingerprint density at radius 3 is 3.20 bits per heavy atom. The van der Waals surface area contributed by atoms with Crippen LogP contribution in [0, 0.1) is 6.92 Å². The van der Waals surface area contributed by atoms with Crippen molar-refractivity contribution in [2.75, 3.05) is 6.54 Å². The second-order valence-electron chi connectivity index (χ2n) is 4.04. The summed E-state index contributed by atoms with van der Waals surface area (Å²) in [4.78, 5) is 13.8. The van der Waals surface area contributed by atoms with Gasteiger partial charge in [-0.2, -0.15) is 0 Å². The van der Waals surface area contributed by atoms with Crippen LogP contribution in [0.2, 0.25) is 0 Å². The fourth-order valence-corrected chi connectivity index (χ4v) is 2.28. The maximum Gasteiger partial charge on any atom is 0.303 e. The van der Waals surface area contributed by atoms with Gasteiger partial charge in [0.2, 0.25) is 0 Å². The molecule has 2 rings (SSSR count). The maximum absolute atomic E-state index is 10.5. The Morgan fingerprint density at radius 1 is 1.67 bits per heavy atom. The molecular weight excluding hydrogens is 192 g/mol. The molecule has 4 heteroatoms. The van der Waals surface area contributed by atoms with Crippen molar-refractivity contribution >= 4 is 5.97 Å². The molecule has 0 amide bonds. The van der Waals surface area contributed by atoms with Gasteiger partial charge in [0, 0.05) is 24.4 Å². The topological polar surface area (TPSA) is 65.1 Å². The second kappa shape index (κ2) is 4.06. The van der Waals surface area contributed by atoms with Gasteiger partial charge in [-0.25, -0.2) is 0 Å². The van der Waals surface area contributed by atoms with Crippen LogP contribution in [0.15, 0.2) is 6.20 Å². The van der Waals surface area contributed by atoms with E-state index in [4.69, 9.17) is 5.11 Å². The van der Waals surface area contributed by atoms with Crippen LogP contribution in [-0.2, 0) is 11.2 Å². The van der Waals surface area contributed by atoms with Crippen molar-refractivity contribution in [3.05, 3.63) is 23.0 Å². The summed E-state index contributed by atoms with van der Waals surface area (Å²) >= 11 is 0. The molecule has 2 heterocycles. The fourth-order valence-electron chi connectivity index (χ4n) is 2.28. The average molecular weight is 208 g/mol. The number of fused-ring (bicyclic) bond motifs is 1. The van der Waals surface area contributed by atoms with E-state index in [0.717, 1.165) is 18.7 Å². The van der Waals surface area contributed by atoms with Crippen LogP contribution < -0.4 is 5.32 Å². The van der Waals surface area contributed by atoms with E-state index >= 15 is 0 Å². The van der Waals surface area contributed by atoms with Crippen molar-refractivity contribution in [2.45, 2.75) is 32.2 Å². The molecule has 0 radical (unpaired) electrons. The molecule has 0 saturated carbocycles. The molecule has 1 aliphatic rings. The van der Waals surface area contributed by atoms with E-state index in [1.165, 1.54) is 11.1 Å². The number of aromatic amines is 1. The van der Waals surface area contributed by atoms with Gasteiger partial charge in [-0.15, -0.1) is 0 Å². The predicted octanol–water partition coefficient (Wildman–Crippen LogP) is 1.37. The fraction of sp³-hybridized carbons (Fsp3) is 0.545. The smallest absolute Gasteiger partial charge is 0.303 e. The first kappa shape index (κ1) is 10.2. The lowest BCUT2D eigenvalue weighted by atomic mass is 9.93. The first-order valence-corrected chi connectivity index (χ1v) is 5.30. The number of aromatic nitrogens is 1. The maximum atomic E-state index is 10.5. The second-order valence-corrected chi connectivity index (χ2v) is 4.04. The van der Waals surface area contributed by atoms with E-state index in [1.807, 2.05) is 13.1 Å². The van der Waals surface area contributed by atoms with Gasteiger partial charge in [-0.1, -0.05) is 0 Å². The minimum absolute atomic E-state index is 0.205. The Morgan fingerprint density at radius 2 is 2.47 bits per heavy atom. The first-order valence-electron chi connectivity index (χ1n) is 5.30. The number of nitrogens with one attached hydrogen (secondary N) is 2. The number of aliphatic carboxylic acids is 1. The molecule has 4 nitrogen and oxygen atoms in total. The van der Waals surface area contributed by atoms with Crippen LogP contribution in [0.4, 0.5) is 0 Å². The molecule has 1 unspecified atom stereocenters. The monoisotopic (exact) mass is 208 g/mol. The zero-order chi connectivity index (χ0) is 10.8. The van der Waals surface area contributed by atoms with Gasteiger partial charge in [-0.05, 0) is 37.4 Å². The van der Waals surface area contributed by atoms with Crippen molar-refractivity contribution in [1.29, 1.82) is 0 Å². The molecular formula is C11H16N2O2. The van der Waals surface area contributed by atoms with Crippen LogP contribution in [0.3, 0.4) is 0 Å². The summed E-state index contributed by atoms with van der Waals surface area (Å²) in [5.41, 5.74) is 3.77. The Bertz CT molecular complexity index is 371. The number of hydrogen-bond acceptors (Lipinski definition) is 2. The number of H-pyrrole nitrogens is 1. The van der Waals surface area contributed by atoms with Crippen molar-refractivity contribution in [3.8, 4) is 0 Å². The quantitative estimate of drug-likeness (QED) is 0.703. The van der Waals surface area contributed by atoms with E-state index in [9.17, 15) is 4.79 Å². The summed E-state index contributed by atoms with van der Waals surface area (Å²) in [5, 5.41) is 12.1. The number of aryl methyl sites for hydroxylation is 1. The van der Waals surface area contributed by atoms with Crippen molar-refractivity contribution in [2.24, 2.45) is 0 Å². The van der Waals surface area contributed by atoms with Crippen LogP contribution in [0.25, 0.3) is 0 Å². The lowest BCUT2D eigenvalue weighted by Crippen LogP contribution is -2.29. The number of carboxylic acids is 1. The Hall–Kier alpha value is -1.29. The minimum atomic E-state index is -0.725. The molecule has 0 spiro atoms. The molecule has 0 aliphatic carbocycles. The zero-order valence-electron chi connectivity index (χ0n) is 8.84. The van der Waals surface area contributed by atoms with Gasteiger partial charge < -0.3 is 15.4 Å². The summed E-state index contributed by atoms with van der Waals surface area (Å²) < 4.78 is 0. The molecule has 1 aromatic heterocycles. The van der Waals surface area contributed by atoms with E-state index in [0.29, 0.717) is 6.42 Å². The van der Waals surface area contributed by atoms with Crippen molar-refractivity contribution in [1.82, 2.24) is 10.3 Å². The predicted molar refractivity (Wildman–Crippen MR) is 56.8 cm³/mol. The summed E-state index contributed by atoms with van der Waals surface area (Å²) in [7, 11) is 0. The van der Waals surface area contributed by atoms with Gasteiger partial charge in [0.1, 0.15) is 0 Å². The van der Waals surface area contributed by atoms with E-state index < -0.39 is 5.97 Å². The van der Waals surface area contributed by atoms with Gasteiger partial charge >= 0.3 is 5.97 Å². The average Bonchev–Trinajstić information content (AvgIpc) is 2.58. The van der Waals surface area contributed by atoms with Gasteiger partial charge in [0.05, 0.1) is 0 Å². The third-order valence-electron chi connectivity index (χ3n) is 2.99. The van der Waals surface area contributed by atoms with Crippen LogP contribution in [0.5, 0.6) is 0 Å². The van der Waals surface area contributed by atoms with Gasteiger partial charge in [0.15, 0.2) is 0 Å². The molecule has 1 aliphatic heterocycles. The number of rotatable bonds is 3. The Kier molecular flexibility index (Phi) is 2.77. The lowest BCUT2D eigenvalue weighted by molar-refractivity contribution is -0.137. The highest BCUT2D eigenvalue weighted by atomic mass is 16.4. The molecule has 82 valence electrons. The largest absolute Gasteiger partial charge is 0.481 e. The molecule has 1 atom stereocenters. The lowest BCUT2D eigenvalue weighted by Gasteiger charge is -2.24. The molecule has 3 N–H and O–H groups in total. The minimum Gasteiger partial charge on any atom is -0.481 e. The molecule has 0 aromatic carbocycles. The molecule has 0 saturated heterocycles. The number of carboxylic acid groups (broad SMARTS) is 1. The van der Waals surface area contributed by atoms with Gasteiger partial charge in [-0.3, -0.25) is 4.79 Å². The van der Waals surface area contributed by atoms with E-state index in [-0.39, 0.29) is 12.5 Å². The van der Waals surface area contributed by atoms with E-state index in [1.54, 1.807) is 0 Å². The number of hydrogen-bond donors (Lipinski definition) is 3. The highest BCUT2D eigenvalue weighted by molar-refractivity contribution is 5.66. The molecule has 0 bridgehead atoms. The van der Waals surface area contributed by atoms with Crippen LogP contribution in [0.1, 0.15) is 35.7 Å². The van der Waals surface area contributed by atoms with Crippen molar-refractivity contribution in [3.63, 3.8) is 0 Å². The molecule has 15 heavy (non-hydrogen) atoms. The Labute approximate surface area is 88.7 Å². The molecule has 0 fully saturated rings.